The van der Waals surface area contributed by atoms with Gasteiger partial charge in [-0.05, 0) is 20.8 Å². The van der Waals surface area contributed by atoms with E-state index in [1.54, 1.807) is 21.0 Å². The van der Waals surface area contributed by atoms with Gasteiger partial charge in [-0.15, -0.1) is 0 Å². The van der Waals surface area contributed by atoms with Crippen molar-refractivity contribution in [3.63, 3.8) is 0 Å². The highest BCUT2D eigenvalue weighted by atomic mass is 16.5. The van der Waals surface area contributed by atoms with Crippen LogP contribution in [0.15, 0.2) is 0 Å². The molecule has 0 radical (unpaired) electrons. The molecule has 0 rings (SSSR count). The zero-order valence-electron chi connectivity index (χ0n) is 7.85. The van der Waals surface area contributed by atoms with E-state index in [1.807, 2.05) is 6.92 Å². The van der Waals surface area contributed by atoms with Crippen LogP contribution in [0.1, 0.15) is 20.8 Å². The average Bonchev–Trinajstić information content (AvgIpc) is 1.83. The summed E-state index contributed by atoms with van der Waals surface area (Å²) in [5.41, 5.74) is -0.637. The first-order valence-electron chi connectivity index (χ1n) is 3.90. The molecule has 0 saturated carbocycles. The highest BCUT2D eigenvalue weighted by Gasteiger charge is 2.12. The predicted molar refractivity (Wildman–Crippen MR) is 45.6 cm³/mol. The molecule has 0 aromatic heterocycles. The summed E-state index contributed by atoms with van der Waals surface area (Å²) in [6.07, 6.45) is 0. The topological polar surface area (TPSA) is 41.5 Å². The van der Waals surface area contributed by atoms with E-state index in [0.29, 0.717) is 19.2 Å². The van der Waals surface area contributed by atoms with E-state index in [4.69, 9.17) is 4.74 Å². The van der Waals surface area contributed by atoms with Crippen molar-refractivity contribution in [1.82, 2.24) is 5.32 Å². The largest absolute Gasteiger partial charge is 0.389 e. The minimum atomic E-state index is -0.637. The molecule has 1 atom stereocenters. The Morgan fingerprint density at radius 1 is 1.55 bits per heavy atom. The van der Waals surface area contributed by atoms with Gasteiger partial charge in [0, 0.05) is 19.7 Å². The molecule has 68 valence electrons. The van der Waals surface area contributed by atoms with E-state index in [1.165, 1.54) is 0 Å². The number of hydrogen-bond donors (Lipinski definition) is 2. The van der Waals surface area contributed by atoms with E-state index >= 15 is 0 Å². The normalized spacial score (nSPS) is 15.0. The summed E-state index contributed by atoms with van der Waals surface area (Å²) in [7, 11) is 1.67. The summed E-state index contributed by atoms with van der Waals surface area (Å²) >= 11 is 0. The lowest BCUT2D eigenvalue weighted by atomic mass is 10.1. The zero-order valence-corrected chi connectivity index (χ0v) is 7.85. The summed E-state index contributed by atoms with van der Waals surface area (Å²) in [6, 6.07) is 0.298. The van der Waals surface area contributed by atoms with Crippen LogP contribution in [0.5, 0.6) is 0 Å². The maximum atomic E-state index is 9.33. The first-order valence-corrected chi connectivity index (χ1v) is 3.90. The van der Waals surface area contributed by atoms with Gasteiger partial charge >= 0.3 is 0 Å². The Hall–Kier alpha value is -0.120. The molecular formula is C8H19NO2. The summed E-state index contributed by atoms with van der Waals surface area (Å²) < 4.78 is 4.92. The quantitative estimate of drug-likeness (QED) is 0.612. The molecule has 0 spiro atoms. The number of ether oxygens (including phenoxy) is 1. The Labute approximate surface area is 68.8 Å². The molecule has 1 unspecified atom stereocenters. The number of aliphatic hydroxyl groups is 1. The van der Waals surface area contributed by atoms with Crippen molar-refractivity contribution in [2.24, 2.45) is 0 Å². The first-order chi connectivity index (χ1) is 4.95. The number of rotatable bonds is 5. The monoisotopic (exact) mass is 161 g/mol. The molecule has 0 heterocycles. The molecule has 3 nitrogen and oxygen atoms in total. The third-order valence-electron chi connectivity index (χ3n) is 1.30. The maximum absolute atomic E-state index is 9.33. The van der Waals surface area contributed by atoms with Gasteiger partial charge < -0.3 is 15.2 Å². The molecule has 11 heavy (non-hydrogen) atoms. The number of hydrogen-bond acceptors (Lipinski definition) is 3. The van der Waals surface area contributed by atoms with Gasteiger partial charge in [0.05, 0.1) is 12.2 Å². The van der Waals surface area contributed by atoms with E-state index in [-0.39, 0.29) is 0 Å². The summed E-state index contributed by atoms with van der Waals surface area (Å²) in [5.74, 6) is 0. The molecular weight excluding hydrogens is 142 g/mol. The third kappa shape index (κ3) is 7.78. The van der Waals surface area contributed by atoms with Gasteiger partial charge in [-0.2, -0.15) is 0 Å². The van der Waals surface area contributed by atoms with Crippen LogP contribution in [0.25, 0.3) is 0 Å². The van der Waals surface area contributed by atoms with E-state index in [9.17, 15) is 5.11 Å². The highest BCUT2D eigenvalue weighted by molar-refractivity contribution is 4.71. The molecule has 0 fully saturated rings. The SMILES string of the molecule is COCC(C)NCC(C)(C)O. The Bertz CT molecular complexity index is 98.8. The Balaban J connectivity index is 3.38. The standard InChI is InChI=1S/C8H19NO2/c1-7(5-11-4)9-6-8(2,3)10/h7,9-10H,5-6H2,1-4H3. The Morgan fingerprint density at radius 3 is 2.45 bits per heavy atom. The van der Waals surface area contributed by atoms with E-state index < -0.39 is 5.60 Å². The lowest BCUT2D eigenvalue weighted by molar-refractivity contribution is 0.0713. The molecule has 2 N–H and O–H groups in total. The van der Waals surface area contributed by atoms with Gasteiger partial charge in [0.15, 0.2) is 0 Å². The number of methoxy groups -OCH3 is 1. The average molecular weight is 161 g/mol. The van der Waals surface area contributed by atoms with Gasteiger partial charge in [-0.3, -0.25) is 0 Å². The fourth-order valence-electron chi connectivity index (χ4n) is 0.733. The van der Waals surface area contributed by atoms with Crippen LogP contribution >= 0.6 is 0 Å². The molecule has 0 aliphatic rings. The predicted octanol–water partition coefficient (Wildman–Crippen LogP) is 0.382. The molecule has 0 amide bonds. The summed E-state index contributed by atoms with van der Waals surface area (Å²) in [5, 5.41) is 12.5. The Kier molecular flexibility index (Phi) is 4.65. The highest BCUT2D eigenvalue weighted by Crippen LogP contribution is 1.98. The van der Waals surface area contributed by atoms with Crippen molar-refractivity contribution in [3.8, 4) is 0 Å². The molecule has 0 aromatic carbocycles. The van der Waals surface area contributed by atoms with Crippen LogP contribution in [-0.2, 0) is 4.74 Å². The van der Waals surface area contributed by atoms with Crippen molar-refractivity contribution < 1.29 is 9.84 Å². The minimum absolute atomic E-state index is 0.298. The van der Waals surface area contributed by atoms with Gasteiger partial charge in [0.2, 0.25) is 0 Å². The van der Waals surface area contributed by atoms with Gasteiger partial charge in [-0.1, -0.05) is 0 Å². The van der Waals surface area contributed by atoms with Crippen LogP contribution in [0.3, 0.4) is 0 Å². The van der Waals surface area contributed by atoms with Crippen LogP contribution in [0.2, 0.25) is 0 Å². The van der Waals surface area contributed by atoms with Crippen LogP contribution < -0.4 is 5.32 Å². The molecule has 0 saturated heterocycles. The lowest BCUT2D eigenvalue weighted by Gasteiger charge is -2.21. The van der Waals surface area contributed by atoms with Crippen molar-refractivity contribution in [3.05, 3.63) is 0 Å². The fourth-order valence-corrected chi connectivity index (χ4v) is 0.733. The number of nitrogens with one attached hydrogen (secondary N) is 1. The second-order valence-electron chi connectivity index (χ2n) is 3.55. The second-order valence-corrected chi connectivity index (χ2v) is 3.55. The van der Waals surface area contributed by atoms with Gasteiger partial charge in [0.25, 0.3) is 0 Å². The van der Waals surface area contributed by atoms with E-state index in [0.717, 1.165) is 0 Å². The zero-order chi connectivity index (χ0) is 8.91. The summed E-state index contributed by atoms with van der Waals surface area (Å²) in [6.45, 7) is 6.85. The maximum Gasteiger partial charge on any atom is 0.0715 e. The molecule has 0 aliphatic carbocycles. The molecule has 3 heteroatoms. The second kappa shape index (κ2) is 4.70. The van der Waals surface area contributed by atoms with Crippen molar-refractivity contribution in [2.75, 3.05) is 20.3 Å². The smallest absolute Gasteiger partial charge is 0.0715 e. The van der Waals surface area contributed by atoms with Crippen LogP contribution in [0.4, 0.5) is 0 Å². The van der Waals surface area contributed by atoms with Crippen molar-refractivity contribution in [1.29, 1.82) is 0 Å². The fraction of sp³-hybridized carbons (Fsp3) is 1.00. The van der Waals surface area contributed by atoms with Crippen LogP contribution in [-0.4, -0.2) is 37.0 Å². The minimum Gasteiger partial charge on any atom is -0.389 e. The molecule has 0 bridgehead atoms. The van der Waals surface area contributed by atoms with E-state index in [2.05, 4.69) is 5.32 Å². The van der Waals surface area contributed by atoms with Crippen molar-refractivity contribution >= 4 is 0 Å². The molecule has 0 aromatic rings. The van der Waals surface area contributed by atoms with Gasteiger partial charge in [-0.25, -0.2) is 0 Å². The van der Waals surface area contributed by atoms with Crippen molar-refractivity contribution in [2.45, 2.75) is 32.4 Å². The third-order valence-corrected chi connectivity index (χ3v) is 1.30. The summed E-state index contributed by atoms with van der Waals surface area (Å²) in [4.78, 5) is 0. The Morgan fingerprint density at radius 2 is 2.09 bits per heavy atom. The molecule has 0 aliphatic heterocycles. The lowest BCUT2D eigenvalue weighted by Crippen LogP contribution is -2.41. The first kappa shape index (κ1) is 10.9. The van der Waals surface area contributed by atoms with Gasteiger partial charge in [0.1, 0.15) is 0 Å². The van der Waals surface area contributed by atoms with Crippen LogP contribution in [0, 0.1) is 0 Å².